The van der Waals surface area contributed by atoms with Gasteiger partial charge in [0.1, 0.15) is 11.6 Å². The Hall–Kier alpha value is -1.41. The Bertz CT molecular complexity index is 494. The van der Waals surface area contributed by atoms with Crippen molar-refractivity contribution in [2.75, 3.05) is 0 Å². The SMILES string of the molecule is Fc1ccc(CC(Cl)c2ccccc2F)cc1. The Morgan fingerprint density at radius 1 is 0.941 bits per heavy atom. The van der Waals surface area contributed by atoms with Gasteiger partial charge in [0, 0.05) is 5.56 Å². The molecule has 0 bridgehead atoms. The maximum absolute atomic E-state index is 13.5. The highest BCUT2D eigenvalue weighted by molar-refractivity contribution is 6.20. The summed E-state index contributed by atoms with van der Waals surface area (Å²) in [5.74, 6) is -0.597. The van der Waals surface area contributed by atoms with Gasteiger partial charge in [-0.15, -0.1) is 11.6 Å². The second-order valence-electron chi connectivity index (χ2n) is 3.82. The minimum Gasteiger partial charge on any atom is -0.207 e. The molecule has 2 aromatic rings. The molecule has 0 aliphatic rings. The fourth-order valence-electron chi connectivity index (χ4n) is 1.67. The van der Waals surface area contributed by atoms with E-state index in [-0.39, 0.29) is 11.6 Å². The lowest BCUT2D eigenvalue weighted by molar-refractivity contribution is 0.605. The number of rotatable bonds is 3. The molecule has 3 heteroatoms. The van der Waals surface area contributed by atoms with Gasteiger partial charge in [-0.3, -0.25) is 0 Å². The smallest absolute Gasteiger partial charge is 0.127 e. The number of hydrogen-bond donors (Lipinski definition) is 0. The van der Waals surface area contributed by atoms with Crippen molar-refractivity contribution in [1.29, 1.82) is 0 Å². The van der Waals surface area contributed by atoms with E-state index in [0.717, 1.165) is 5.56 Å². The second kappa shape index (κ2) is 5.28. The highest BCUT2D eigenvalue weighted by atomic mass is 35.5. The van der Waals surface area contributed by atoms with E-state index in [9.17, 15) is 8.78 Å². The van der Waals surface area contributed by atoms with Gasteiger partial charge < -0.3 is 0 Å². The van der Waals surface area contributed by atoms with E-state index < -0.39 is 5.38 Å². The van der Waals surface area contributed by atoms with Gasteiger partial charge in [-0.1, -0.05) is 30.3 Å². The summed E-state index contributed by atoms with van der Waals surface area (Å²) in [6.45, 7) is 0. The molecule has 0 aliphatic carbocycles. The molecule has 0 aliphatic heterocycles. The van der Waals surface area contributed by atoms with E-state index in [4.69, 9.17) is 11.6 Å². The molecule has 1 atom stereocenters. The zero-order chi connectivity index (χ0) is 12.3. The van der Waals surface area contributed by atoms with Gasteiger partial charge >= 0.3 is 0 Å². The standard InChI is InChI=1S/C14H11ClF2/c15-13(12-3-1-2-4-14(12)17)9-10-5-7-11(16)8-6-10/h1-8,13H,9H2. The predicted molar refractivity (Wildman–Crippen MR) is 65.1 cm³/mol. The van der Waals surface area contributed by atoms with E-state index >= 15 is 0 Å². The van der Waals surface area contributed by atoms with Gasteiger partial charge in [0.05, 0.1) is 5.38 Å². The van der Waals surface area contributed by atoms with Gasteiger partial charge in [0.2, 0.25) is 0 Å². The quantitative estimate of drug-likeness (QED) is 0.706. The molecule has 0 nitrogen and oxygen atoms in total. The lowest BCUT2D eigenvalue weighted by atomic mass is 10.0. The summed E-state index contributed by atoms with van der Waals surface area (Å²) < 4.78 is 26.2. The largest absolute Gasteiger partial charge is 0.207 e. The molecule has 88 valence electrons. The molecular weight excluding hydrogens is 242 g/mol. The van der Waals surface area contributed by atoms with Crippen molar-refractivity contribution in [2.24, 2.45) is 0 Å². The minimum atomic E-state index is -0.443. The molecule has 0 radical (unpaired) electrons. The van der Waals surface area contributed by atoms with Gasteiger partial charge in [-0.2, -0.15) is 0 Å². The van der Waals surface area contributed by atoms with Crippen LogP contribution in [0.25, 0.3) is 0 Å². The molecule has 0 amide bonds. The number of halogens is 3. The maximum Gasteiger partial charge on any atom is 0.127 e. The van der Waals surface area contributed by atoms with E-state index in [1.165, 1.54) is 18.2 Å². The second-order valence-corrected chi connectivity index (χ2v) is 4.35. The molecule has 1 unspecified atom stereocenters. The summed E-state index contributed by atoms with van der Waals surface area (Å²) in [7, 11) is 0. The molecule has 17 heavy (non-hydrogen) atoms. The van der Waals surface area contributed by atoms with Gasteiger partial charge in [-0.05, 0) is 30.2 Å². The Morgan fingerprint density at radius 3 is 2.24 bits per heavy atom. The highest BCUT2D eigenvalue weighted by Gasteiger charge is 2.12. The first-order valence-corrected chi connectivity index (χ1v) is 5.73. The minimum absolute atomic E-state index is 0.286. The van der Waals surface area contributed by atoms with Crippen LogP contribution in [0.15, 0.2) is 48.5 Å². The third-order valence-corrected chi connectivity index (χ3v) is 2.96. The molecule has 0 N–H and O–H groups in total. The van der Waals surface area contributed by atoms with Crippen LogP contribution in [0.1, 0.15) is 16.5 Å². The monoisotopic (exact) mass is 252 g/mol. The van der Waals surface area contributed by atoms with E-state index in [1.807, 2.05) is 0 Å². The molecule has 0 saturated heterocycles. The summed E-state index contributed by atoms with van der Waals surface area (Å²) >= 11 is 6.15. The van der Waals surface area contributed by atoms with Crippen molar-refractivity contribution in [1.82, 2.24) is 0 Å². The van der Waals surface area contributed by atoms with Crippen molar-refractivity contribution in [3.8, 4) is 0 Å². The summed E-state index contributed by atoms with van der Waals surface area (Å²) in [5, 5.41) is -0.443. The van der Waals surface area contributed by atoms with Crippen molar-refractivity contribution >= 4 is 11.6 Å². The van der Waals surface area contributed by atoms with Crippen LogP contribution in [0.2, 0.25) is 0 Å². The zero-order valence-electron chi connectivity index (χ0n) is 9.04. The highest BCUT2D eigenvalue weighted by Crippen LogP contribution is 2.27. The molecule has 0 heterocycles. The molecule has 2 rings (SSSR count). The van der Waals surface area contributed by atoms with Crippen LogP contribution < -0.4 is 0 Å². The molecule has 0 aromatic heterocycles. The fourth-order valence-corrected chi connectivity index (χ4v) is 2.02. The van der Waals surface area contributed by atoms with E-state index in [2.05, 4.69) is 0 Å². The van der Waals surface area contributed by atoms with Crippen molar-refractivity contribution in [3.05, 3.63) is 71.3 Å². The zero-order valence-corrected chi connectivity index (χ0v) is 9.79. The van der Waals surface area contributed by atoms with Gasteiger partial charge in [0.25, 0.3) is 0 Å². The topological polar surface area (TPSA) is 0 Å². The van der Waals surface area contributed by atoms with Crippen molar-refractivity contribution in [3.63, 3.8) is 0 Å². The van der Waals surface area contributed by atoms with Crippen molar-refractivity contribution < 1.29 is 8.78 Å². The van der Waals surface area contributed by atoms with Crippen LogP contribution in [0.3, 0.4) is 0 Å². The first kappa shape index (κ1) is 12.1. The molecule has 2 aromatic carbocycles. The third-order valence-electron chi connectivity index (χ3n) is 2.57. The van der Waals surface area contributed by atoms with Crippen LogP contribution >= 0.6 is 11.6 Å². The molecule has 0 spiro atoms. The lowest BCUT2D eigenvalue weighted by Crippen LogP contribution is -1.98. The van der Waals surface area contributed by atoms with Crippen LogP contribution in [-0.2, 0) is 6.42 Å². The normalized spacial score (nSPS) is 12.4. The molecule has 0 saturated carbocycles. The first-order valence-electron chi connectivity index (χ1n) is 5.30. The summed E-state index contributed by atoms with van der Waals surface area (Å²) in [6, 6.07) is 12.5. The summed E-state index contributed by atoms with van der Waals surface area (Å²) in [5.41, 5.74) is 1.35. The number of benzene rings is 2. The van der Waals surface area contributed by atoms with Crippen LogP contribution in [0.5, 0.6) is 0 Å². The van der Waals surface area contributed by atoms with Crippen LogP contribution in [-0.4, -0.2) is 0 Å². The Morgan fingerprint density at radius 2 is 1.59 bits per heavy atom. The third kappa shape index (κ3) is 3.04. The molecule has 0 fully saturated rings. The van der Waals surface area contributed by atoms with Crippen LogP contribution in [0.4, 0.5) is 8.78 Å². The van der Waals surface area contributed by atoms with E-state index in [1.54, 1.807) is 30.3 Å². The number of alkyl halides is 1. The summed E-state index contributed by atoms with van der Waals surface area (Å²) in [4.78, 5) is 0. The molecular formula is C14H11ClF2. The lowest BCUT2D eigenvalue weighted by Gasteiger charge is -2.10. The predicted octanol–water partition coefficient (Wildman–Crippen LogP) is 4.49. The number of hydrogen-bond acceptors (Lipinski definition) is 0. The van der Waals surface area contributed by atoms with Crippen molar-refractivity contribution in [2.45, 2.75) is 11.8 Å². The maximum atomic E-state index is 13.5. The fraction of sp³-hybridized carbons (Fsp3) is 0.143. The average molecular weight is 253 g/mol. The summed E-state index contributed by atoms with van der Waals surface area (Å²) in [6.07, 6.45) is 0.475. The average Bonchev–Trinajstić information content (AvgIpc) is 2.32. The Balaban J connectivity index is 2.14. The van der Waals surface area contributed by atoms with E-state index in [0.29, 0.717) is 12.0 Å². The first-order chi connectivity index (χ1) is 8.16. The van der Waals surface area contributed by atoms with Gasteiger partial charge in [-0.25, -0.2) is 8.78 Å². The van der Waals surface area contributed by atoms with Gasteiger partial charge in [0.15, 0.2) is 0 Å². The Labute approximate surface area is 104 Å². The Kier molecular flexibility index (Phi) is 3.75. The van der Waals surface area contributed by atoms with Crippen LogP contribution in [0, 0.1) is 11.6 Å².